The first-order valence-electron chi connectivity index (χ1n) is 5.86. The molecule has 0 aromatic heterocycles. The van der Waals surface area contributed by atoms with Crippen LogP contribution >= 0.6 is 15.9 Å². The Hall–Kier alpha value is -0.580. The highest BCUT2D eigenvalue weighted by Crippen LogP contribution is 2.23. The lowest BCUT2D eigenvalue weighted by molar-refractivity contribution is 0.200. The molecule has 0 aliphatic heterocycles. The maximum absolute atomic E-state index is 8.77. The molecule has 1 aromatic rings. The van der Waals surface area contributed by atoms with Gasteiger partial charge in [0.15, 0.2) is 0 Å². The molecule has 0 aliphatic rings. The fourth-order valence-electron chi connectivity index (χ4n) is 1.48. The van der Waals surface area contributed by atoms with E-state index in [0.717, 1.165) is 28.9 Å². The van der Waals surface area contributed by atoms with Gasteiger partial charge in [0, 0.05) is 16.6 Å². The van der Waals surface area contributed by atoms with Crippen LogP contribution in [0.2, 0.25) is 0 Å². The zero-order valence-electron chi connectivity index (χ0n) is 10.4. The molecule has 0 aliphatic carbocycles. The average molecular weight is 302 g/mol. The molecule has 0 amide bonds. The minimum absolute atomic E-state index is 0.0366. The standard InChI is InChI=1S/C13H20BrNO2/c1-10(2)8-15-9-11-7-12(14)3-4-13(11)17-6-5-16/h3-4,7,10,15-16H,5-6,8-9H2,1-2H3. The van der Waals surface area contributed by atoms with Crippen molar-refractivity contribution in [1.82, 2.24) is 5.32 Å². The van der Waals surface area contributed by atoms with E-state index in [9.17, 15) is 0 Å². The van der Waals surface area contributed by atoms with Crippen molar-refractivity contribution in [2.24, 2.45) is 5.92 Å². The van der Waals surface area contributed by atoms with E-state index in [2.05, 4.69) is 35.1 Å². The van der Waals surface area contributed by atoms with Gasteiger partial charge in [-0.15, -0.1) is 0 Å². The van der Waals surface area contributed by atoms with Crippen LogP contribution in [0.1, 0.15) is 19.4 Å². The quantitative estimate of drug-likeness (QED) is 0.813. The molecular weight excluding hydrogens is 282 g/mol. The summed E-state index contributed by atoms with van der Waals surface area (Å²) in [7, 11) is 0. The van der Waals surface area contributed by atoms with Gasteiger partial charge in [-0.2, -0.15) is 0 Å². The summed E-state index contributed by atoms with van der Waals surface area (Å²) in [5, 5.41) is 12.2. The Bertz CT molecular complexity index is 342. The number of aliphatic hydroxyl groups is 1. The summed E-state index contributed by atoms with van der Waals surface area (Å²) < 4.78 is 6.53. The highest BCUT2D eigenvalue weighted by molar-refractivity contribution is 9.10. The largest absolute Gasteiger partial charge is 0.491 e. The summed E-state index contributed by atoms with van der Waals surface area (Å²) >= 11 is 3.45. The summed E-state index contributed by atoms with van der Waals surface area (Å²) in [4.78, 5) is 0. The normalized spacial score (nSPS) is 10.9. The smallest absolute Gasteiger partial charge is 0.123 e. The SMILES string of the molecule is CC(C)CNCc1cc(Br)ccc1OCCO. The highest BCUT2D eigenvalue weighted by atomic mass is 79.9. The van der Waals surface area contributed by atoms with Gasteiger partial charge in [-0.05, 0) is 30.7 Å². The predicted octanol–water partition coefficient (Wildman–Crippen LogP) is 2.57. The summed E-state index contributed by atoms with van der Waals surface area (Å²) in [5.41, 5.74) is 1.11. The Morgan fingerprint density at radius 2 is 2.18 bits per heavy atom. The van der Waals surface area contributed by atoms with Crippen molar-refractivity contribution in [3.63, 3.8) is 0 Å². The number of rotatable bonds is 7. The fraction of sp³-hybridized carbons (Fsp3) is 0.538. The monoisotopic (exact) mass is 301 g/mol. The van der Waals surface area contributed by atoms with Crippen LogP contribution in [0.5, 0.6) is 5.75 Å². The van der Waals surface area contributed by atoms with Crippen LogP contribution in [0, 0.1) is 5.92 Å². The van der Waals surface area contributed by atoms with Crippen molar-refractivity contribution in [2.75, 3.05) is 19.8 Å². The van der Waals surface area contributed by atoms with Crippen molar-refractivity contribution in [1.29, 1.82) is 0 Å². The van der Waals surface area contributed by atoms with Gasteiger partial charge in [0.1, 0.15) is 12.4 Å². The fourth-order valence-corrected chi connectivity index (χ4v) is 1.89. The summed E-state index contributed by atoms with van der Waals surface area (Å²) in [6.45, 7) is 6.48. The average Bonchev–Trinajstić information content (AvgIpc) is 2.27. The lowest BCUT2D eigenvalue weighted by Crippen LogP contribution is -2.19. The number of ether oxygens (including phenoxy) is 1. The molecule has 0 fully saturated rings. The van der Waals surface area contributed by atoms with E-state index in [4.69, 9.17) is 9.84 Å². The molecule has 0 radical (unpaired) electrons. The lowest BCUT2D eigenvalue weighted by atomic mass is 10.2. The zero-order valence-corrected chi connectivity index (χ0v) is 12.0. The lowest BCUT2D eigenvalue weighted by Gasteiger charge is -2.13. The topological polar surface area (TPSA) is 41.5 Å². The first kappa shape index (κ1) is 14.5. The zero-order chi connectivity index (χ0) is 12.7. The van der Waals surface area contributed by atoms with Crippen LogP contribution in [0.3, 0.4) is 0 Å². The number of nitrogens with one attached hydrogen (secondary N) is 1. The van der Waals surface area contributed by atoms with Crippen LogP contribution in [-0.4, -0.2) is 24.9 Å². The van der Waals surface area contributed by atoms with Crippen LogP contribution < -0.4 is 10.1 Å². The second-order valence-electron chi connectivity index (χ2n) is 4.35. The van der Waals surface area contributed by atoms with E-state index in [1.54, 1.807) is 0 Å². The van der Waals surface area contributed by atoms with E-state index in [1.165, 1.54) is 0 Å². The van der Waals surface area contributed by atoms with E-state index in [-0.39, 0.29) is 6.61 Å². The number of hydrogen-bond acceptors (Lipinski definition) is 3. The van der Waals surface area contributed by atoms with Gasteiger partial charge >= 0.3 is 0 Å². The van der Waals surface area contributed by atoms with Crippen molar-refractivity contribution in [3.8, 4) is 5.75 Å². The van der Waals surface area contributed by atoms with Gasteiger partial charge in [-0.25, -0.2) is 0 Å². The Labute approximate surface area is 111 Å². The minimum atomic E-state index is 0.0366. The molecule has 0 saturated heterocycles. The summed E-state index contributed by atoms with van der Waals surface area (Å²) in [6.07, 6.45) is 0. The van der Waals surface area contributed by atoms with E-state index in [0.29, 0.717) is 12.5 Å². The van der Waals surface area contributed by atoms with Crippen LogP contribution in [0.4, 0.5) is 0 Å². The van der Waals surface area contributed by atoms with Gasteiger partial charge in [0.05, 0.1) is 6.61 Å². The van der Waals surface area contributed by atoms with Crippen molar-refractivity contribution >= 4 is 15.9 Å². The first-order chi connectivity index (χ1) is 8.13. The molecule has 0 atom stereocenters. The second kappa shape index (κ2) is 7.69. The van der Waals surface area contributed by atoms with Crippen LogP contribution in [-0.2, 0) is 6.54 Å². The third-order valence-corrected chi connectivity index (χ3v) is 2.73. The second-order valence-corrected chi connectivity index (χ2v) is 5.26. The molecule has 0 heterocycles. The van der Waals surface area contributed by atoms with Crippen molar-refractivity contribution in [3.05, 3.63) is 28.2 Å². The van der Waals surface area contributed by atoms with Gasteiger partial charge < -0.3 is 15.2 Å². The van der Waals surface area contributed by atoms with Crippen molar-refractivity contribution < 1.29 is 9.84 Å². The van der Waals surface area contributed by atoms with Crippen molar-refractivity contribution in [2.45, 2.75) is 20.4 Å². The molecule has 1 aromatic carbocycles. The molecule has 17 heavy (non-hydrogen) atoms. The van der Waals surface area contributed by atoms with E-state index < -0.39 is 0 Å². The van der Waals surface area contributed by atoms with Gasteiger partial charge in [-0.1, -0.05) is 29.8 Å². The summed E-state index contributed by atoms with van der Waals surface area (Å²) in [5.74, 6) is 1.46. The number of benzene rings is 1. The molecule has 96 valence electrons. The maximum Gasteiger partial charge on any atom is 0.123 e. The maximum atomic E-state index is 8.77. The minimum Gasteiger partial charge on any atom is -0.491 e. The molecule has 0 bridgehead atoms. The van der Waals surface area contributed by atoms with Gasteiger partial charge in [0.25, 0.3) is 0 Å². The molecule has 0 saturated carbocycles. The number of hydrogen-bond donors (Lipinski definition) is 2. The Balaban J connectivity index is 2.62. The molecule has 4 heteroatoms. The Kier molecular flexibility index (Phi) is 6.55. The summed E-state index contributed by atoms with van der Waals surface area (Å²) in [6, 6.07) is 5.91. The third-order valence-electron chi connectivity index (χ3n) is 2.24. The molecule has 3 nitrogen and oxygen atoms in total. The molecular formula is C13H20BrNO2. The van der Waals surface area contributed by atoms with Gasteiger partial charge in [-0.3, -0.25) is 0 Å². The number of aliphatic hydroxyl groups excluding tert-OH is 1. The Morgan fingerprint density at radius 1 is 1.41 bits per heavy atom. The van der Waals surface area contributed by atoms with Crippen LogP contribution in [0.15, 0.2) is 22.7 Å². The molecule has 1 rings (SSSR count). The Morgan fingerprint density at radius 3 is 2.82 bits per heavy atom. The van der Waals surface area contributed by atoms with Gasteiger partial charge in [0.2, 0.25) is 0 Å². The molecule has 0 unspecified atom stereocenters. The molecule has 0 spiro atoms. The van der Waals surface area contributed by atoms with E-state index >= 15 is 0 Å². The number of halogens is 1. The first-order valence-corrected chi connectivity index (χ1v) is 6.65. The van der Waals surface area contributed by atoms with E-state index in [1.807, 2.05) is 18.2 Å². The van der Waals surface area contributed by atoms with Crippen LogP contribution in [0.25, 0.3) is 0 Å². The third kappa shape index (κ3) is 5.52. The highest BCUT2D eigenvalue weighted by Gasteiger charge is 2.04. The molecule has 2 N–H and O–H groups in total. The predicted molar refractivity (Wildman–Crippen MR) is 73.3 cm³/mol.